The van der Waals surface area contributed by atoms with Gasteiger partial charge in [0, 0.05) is 37.1 Å². The van der Waals surface area contributed by atoms with Crippen molar-refractivity contribution in [2.24, 2.45) is 7.05 Å². The minimum Gasteiger partial charge on any atom is -0.384 e. The van der Waals surface area contributed by atoms with Gasteiger partial charge in [-0.3, -0.25) is 4.79 Å². The molecule has 0 amide bonds. The van der Waals surface area contributed by atoms with E-state index in [1.807, 2.05) is 18.2 Å². The summed E-state index contributed by atoms with van der Waals surface area (Å²) in [6.07, 6.45) is 6.37. The summed E-state index contributed by atoms with van der Waals surface area (Å²) >= 11 is 0. The summed E-state index contributed by atoms with van der Waals surface area (Å²) in [7, 11) is -1.85. The van der Waals surface area contributed by atoms with Gasteiger partial charge in [0.25, 0.3) is 5.56 Å². The molecule has 32 heavy (non-hydrogen) atoms. The first-order chi connectivity index (χ1) is 15.3. The molecule has 166 valence electrons. The van der Waals surface area contributed by atoms with Gasteiger partial charge in [0.2, 0.25) is 0 Å². The highest BCUT2D eigenvalue weighted by Crippen LogP contribution is 2.45. The number of pyridine rings is 1. The van der Waals surface area contributed by atoms with Crippen LogP contribution in [0, 0.1) is 0 Å². The van der Waals surface area contributed by atoms with E-state index in [1.165, 1.54) is 10.1 Å². The second-order valence-electron chi connectivity index (χ2n) is 8.57. The second kappa shape index (κ2) is 7.52. The van der Waals surface area contributed by atoms with E-state index in [1.54, 1.807) is 32.3 Å². The van der Waals surface area contributed by atoms with E-state index in [-0.39, 0.29) is 28.3 Å². The predicted molar refractivity (Wildman–Crippen MR) is 127 cm³/mol. The monoisotopic (exact) mass is 449 g/mol. The van der Waals surface area contributed by atoms with Crippen LogP contribution in [0.1, 0.15) is 43.0 Å². The lowest BCUT2D eigenvalue weighted by atomic mass is 9.91. The molecular weight excluding hydrogens is 422 g/mol. The molecule has 0 saturated carbocycles. The molecule has 1 aromatic carbocycles. The highest BCUT2D eigenvalue weighted by atomic mass is 32.2. The number of nitrogens with one attached hydrogen (secondary N) is 1. The van der Waals surface area contributed by atoms with Gasteiger partial charge >= 0.3 is 0 Å². The molecule has 0 spiro atoms. The normalized spacial score (nSPS) is 20.6. The van der Waals surface area contributed by atoms with Gasteiger partial charge < -0.3 is 14.8 Å². The standard InChI is InChI=1S/C25H27N3O3S/c1-4-32(30,31)21-14-18-15-28(16(2)17-8-6-5-7-9-17)20-10-12-26-24(22(18)20)23-19(21)11-13-27(3)25(23)29/h5-9,11,13-16,20,26H,4,10,12H2,1-3H3/t16?,20-/m1/s1. The zero-order chi connectivity index (χ0) is 22.6. The highest BCUT2D eigenvalue weighted by molar-refractivity contribution is 8.00. The third-order valence-electron chi connectivity index (χ3n) is 6.80. The molecule has 1 N–H and O–H groups in total. The topological polar surface area (TPSA) is 71.4 Å². The van der Waals surface area contributed by atoms with Crippen LogP contribution in [0.2, 0.25) is 0 Å². The van der Waals surface area contributed by atoms with E-state index in [2.05, 4.69) is 35.5 Å². The third-order valence-corrected chi connectivity index (χ3v) is 8.56. The first kappa shape index (κ1) is 20.8. The Kier molecular flexibility index (Phi) is 4.89. The van der Waals surface area contributed by atoms with Crippen LogP contribution in [-0.4, -0.2) is 36.2 Å². The van der Waals surface area contributed by atoms with E-state index in [4.69, 9.17) is 0 Å². The van der Waals surface area contributed by atoms with Gasteiger partial charge in [0.15, 0.2) is 9.84 Å². The number of aromatic nitrogens is 1. The van der Waals surface area contributed by atoms with Gasteiger partial charge in [-0.2, -0.15) is 0 Å². The molecule has 2 atom stereocenters. The van der Waals surface area contributed by atoms with Crippen LogP contribution in [0.4, 0.5) is 0 Å². The fraction of sp³-hybridized carbons (Fsp3) is 0.320. The Morgan fingerprint density at radius 3 is 2.66 bits per heavy atom. The fourth-order valence-electron chi connectivity index (χ4n) is 5.03. The van der Waals surface area contributed by atoms with E-state index in [0.717, 1.165) is 29.8 Å². The number of rotatable bonds is 4. The summed E-state index contributed by atoms with van der Waals surface area (Å²) in [5.41, 5.74) is 4.60. The molecule has 0 fully saturated rings. The smallest absolute Gasteiger partial charge is 0.260 e. The molecule has 5 rings (SSSR count). The van der Waals surface area contributed by atoms with Crippen molar-refractivity contribution in [3.63, 3.8) is 0 Å². The number of benzene rings is 1. The van der Waals surface area contributed by atoms with Gasteiger partial charge in [-0.15, -0.1) is 0 Å². The van der Waals surface area contributed by atoms with Crippen LogP contribution in [-0.2, 0) is 16.9 Å². The SMILES string of the molecule is CCS(=O)(=O)C1=CC2=CN(C(C)c3ccccc3)[C@@H]3CCNC(=C23)c2c1ccn(C)c2=O. The summed E-state index contributed by atoms with van der Waals surface area (Å²) in [6.45, 7) is 4.53. The van der Waals surface area contributed by atoms with E-state index >= 15 is 0 Å². The van der Waals surface area contributed by atoms with Crippen molar-refractivity contribution in [3.8, 4) is 0 Å². The molecule has 1 aromatic heterocycles. The Hall–Kier alpha value is -3.06. The van der Waals surface area contributed by atoms with Crippen molar-refractivity contribution in [3.05, 3.63) is 93.1 Å². The number of hydrogen-bond donors (Lipinski definition) is 1. The third kappa shape index (κ3) is 3.06. The van der Waals surface area contributed by atoms with Crippen LogP contribution in [0.15, 0.2) is 70.8 Å². The number of aryl methyl sites for hydroxylation is 1. The van der Waals surface area contributed by atoms with Crippen molar-refractivity contribution in [1.82, 2.24) is 14.8 Å². The molecule has 2 aliphatic heterocycles. The molecule has 3 aliphatic rings. The van der Waals surface area contributed by atoms with Gasteiger partial charge in [0.05, 0.1) is 34.0 Å². The average Bonchev–Trinajstić information content (AvgIpc) is 3.10. The molecule has 0 bridgehead atoms. The van der Waals surface area contributed by atoms with E-state index in [9.17, 15) is 13.2 Å². The number of nitrogens with zero attached hydrogens (tertiary/aromatic N) is 2. The zero-order valence-electron chi connectivity index (χ0n) is 18.5. The molecule has 7 heteroatoms. The lowest BCUT2D eigenvalue weighted by molar-refractivity contribution is 0.245. The Morgan fingerprint density at radius 1 is 1.19 bits per heavy atom. The van der Waals surface area contributed by atoms with E-state index < -0.39 is 9.84 Å². The van der Waals surface area contributed by atoms with Gasteiger partial charge in [-0.1, -0.05) is 37.3 Å². The van der Waals surface area contributed by atoms with Crippen LogP contribution < -0.4 is 10.9 Å². The van der Waals surface area contributed by atoms with Crippen molar-refractivity contribution in [2.45, 2.75) is 32.4 Å². The molecule has 6 nitrogen and oxygen atoms in total. The van der Waals surface area contributed by atoms with Crippen LogP contribution in [0.25, 0.3) is 10.6 Å². The average molecular weight is 450 g/mol. The number of sulfone groups is 1. The quantitative estimate of drug-likeness (QED) is 0.776. The second-order valence-corrected chi connectivity index (χ2v) is 10.8. The number of fused-ring (bicyclic) bond motifs is 2. The maximum atomic E-state index is 13.3. The summed E-state index contributed by atoms with van der Waals surface area (Å²) < 4.78 is 27.8. The van der Waals surface area contributed by atoms with Crippen LogP contribution in [0.5, 0.6) is 0 Å². The summed E-state index contributed by atoms with van der Waals surface area (Å²) in [5, 5.41) is 3.45. The maximum absolute atomic E-state index is 13.3. The lowest BCUT2D eigenvalue weighted by Crippen LogP contribution is -2.39. The minimum absolute atomic E-state index is 0.0214. The van der Waals surface area contributed by atoms with E-state index in [0.29, 0.717) is 11.1 Å². The Labute approximate surface area is 188 Å². The maximum Gasteiger partial charge on any atom is 0.260 e. The molecule has 2 aromatic rings. The molecule has 0 radical (unpaired) electrons. The number of hydrogen-bond acceptors (Lipinski definition) is 5. The predicted octanol–water partition coefficient (Wildman–Crippen LogP) is 3.21. The lowest BCUT2D eigenvalue weighted by Gasteiger charge is -2.36. The Bertz CT molecular complexity index is 1350. The Morgan fingerprint density at radius 2 is 1.94 bits per heavy atom. The minimum atomic E-state index is -3.55. The molecule has 3 heterocycles. The van der Waals surface area contributed by atoms with Crippen molar-refractivity contribution < 1.29 is 8.42 Å². The van der Waals surface area contributed by atoms with Crippen LogP contribution in [0.3, 0.4) is 0 Å². The molecule has 1 unspecified atom stereocenters. The zero-order valence-corrected chi connectivity index (χ0v) is 19.3. The van der Waals surface area contributed by atoms with Crippen molar-refractivity contribution in [1.29, 1.82) is 0 Å². The van der Waals surface area contributed by atoms with Gasteiger partial charge in [-0.25, -0.2) is 8.42 Å². The highest BCUT2D eigenvalue weighted by Gasteiger charge is 2.40. The summed E-state index contributed by atoms with van der Waals surface area (Å²) in [5.74, 6) is -0.0214. The van der Waals surface area contributed by atoms with Crippen molar-refractivity contribution >= 4 is 20.4 Å². The van der Waals surface area contributed by atoms with Crippen LogP contribution >= 0.6 is 0 Å². The molecule has 0 saturated heterocycles. The van der Waals surface area contributed by atoms with Crippen molar-refractivity contribution in [2.75, 3.05) is 12.3 Å². The number of allylic oxidation sites excluding steroid dienone is 1. The Balaban J connectivity index is 1.78. The van der Waals surface area contributed by atoms with Gasteiger partial charge in [-0.05, 0) is 36.6 Å². The first-order valence-electron chi connectivity index (χ1n) is 11.0. The molecular formula is C25H27N3O3S. The largest absolute Gasteiger partial charge is 0.384 e. The first-order valence-corrected chi connectivity index (χ1v) is 12.7. The molecule has 1 aliphatic carbocycles. The van der Waals surface area contributed by atoms with Gasteiger partial charge in [0.1, 0.15) is 0 Å². The summed E-state index contributed by atoms with van der Waals surface area (Å²) in [6, 6.07) is 12.2. The summed E-state index contributed by atoms with van der Waals surface area (Å²) in [4.78, 5) is 15.8. The fourth-order valence-corrected chi connectivity index (χ4v) is 6.15.